The van der Waals surface area contributed by atoms with Gasteiger partial charge >= 0.3 is 0 Å². The van der Waals surface area contributed by atoms with Gasteiger partial charge in [0.2, 0.25) is 0 Å². The van der Waals surface area contributed by atoms with Crippen LogP contribution < -0.4 is 0 Å². The Morgan fingerprint density at radius 2 is 1.25 bits per heavy atom. The van der Waals surface area contributed by atoms with E-state index in [-0.39, 0.29) is 6.61 Å². The summed E-state index contributed by atoms with van der Waals surface area (Å²) in [5.74, 6) is 0. The van der Waals surface area contributed by atoms with Crippen molar-refractivity contribution in [3.05, 3.63) is 35.9 Å². The molecule has 0 saturated carbocycles. The Kier molecular flexibility index (Phi) is 11.2. The molecule has 0 heterocycles. The summed E-state index contributed by atoms with van der Waals surface area (Å²) in [5, 5.41) is 8.57. The fraction of sp³-hybridized carbons (Fsp3) is 0.625. The second kappa shape index (κ2) is 13.1. The lowest BCUT2D eigenvalue weighted by atomic mass is 10.2. The van der Waals surface area contributed by atoms with Crippen LogP contribution in [0.25, 0.3) is 0 Å². The highest BCUT2D eigenvalue weighted by Gasteiger charge is 1.94. The molecule has 0 aliphatic rings. The largest absolute Gasteiger partial charge is 0.396 e. The lowest BCUT2D eigenvalue weighted by molar-refractivity contribution is 0.0571. The number of benzene rings is 1. The third-order valence-electron chi connectivity index (χ3n) is 2.71. The van der Waals surface area contributed by atoms with E-state index in [2.05, 4.69) is 12.1 Å². The van der Waals surface area contributed by atoms with Crippen LogP contribution in [0.4, 0.5) is 0 Å². The SMILES string of the molecule is OCCCOCCCOCCCOCc1ccccc1. The minimum atomic E-state index is 0.194. The van der Waals surface area contributed by atoms with Crippen LogP contribution in [0.2, 0.25) is 0 Å². The highest BCUT2D eigenvalue weighted by molar-refractivity contribution is 5.13. The van der Waals surface area contributed by atoms with Crippen LogP contribution in [0.3, 0.4) is 0 Å². The third-order valence-corrected chi connectivity index (χ3v) is 2.71. The van der Waals surface area contributed by atoms with Gasteiger partial charge < -0.3 is 19.3 Å². The van der Waals surface area contributed by atoms with E-state index in [1.165, 1.54) is 5.56 Å². The number of aliphatic hydroxyl groups is 1. The summed E-state index contributed by atoms with van der Waals surface area (Å²) in [4.78, 5) is 0. The number of rotatable bonds is 13. The molecule has 114 valence electrons. The van der Waals surface area contributed by atoms with E-state index < -0.39 is 0 Å². The molecule has 4 heteroatoms. The van der Waals surface area contributed by atoms with Crippen LogP contribution in [-0.4, -0.2) is 44.7 Å². The zero-order valence-corrected chi connectivity index (χ0v) is 12.1. The van der Waals surface area contributed by atoms with E-state index in [1.807, 2.05) is 18.2 Å². The maximum Gasteiger partial charge on any atom is 0.0716 e. The molecule has 0 radical (unpaired) electrons. The maximum atomic E-state index is 8.57. The van der Waals surface area contributed by atoms with Gasteiger partial charge in [0.25, 0.3) is 0 Å². The predicted octanol–water partition coefficient (Wildman–Crippen LogP) is 2.40. The zero-order chi connectivity index (χ0) is 14.3. The fourth-order valence-corrected chi connectivity index (χ4v) is 1.66. The van der Waals surface area contributed by atoms with Crippen LogP contribution in [-0.2, 0) is 20.8 Å². The van der Waals surface area contributed by atoms with Crippen LogP contribution in [0.5, 0.6) is 0 Å². The minimum absolute atomic E-state index is 0.194. The Hall–Kier alpha value is -0.940. The van der Waals surface area contributed by atoms with Gasteiger partial charge in [0, 0.05) is 39.6 Å². The quantitative estimate of drug-likeness (QED) is 0.564. The van der Waals surface area contributed by atoms with Gasteiger partial charge in [-0.3, -0.25) is 0 Å². The Labute approximate surface area is 121 Å². The summed E-state index contributed by atoms with van der Waals surface area (Å²) in [5.41, 5.74) is 1.20. The van der Waals surface area contributed by atoms with E-state index in [1.54, 1.807) is 0 Å². The number of hydrogen-bond acceptors (Lipinski definition) is 4. The average Bonchev–Trinajstić information content (AvgIpc) is 2.49. The van der Waals surface area contributed by atoms with E-state index in [0.29, 0.717) is 26.2 Å². The van der Waals surface area contributed by atoms with Crippen molar-refractivity contribution in [3.8, 4) is 0 Å². The topological polar surface area (TPSA) is 47.9 Å². The second-order valence-electron chi connectivity index (χ2n) is 4.55. The van der Waals surface area contributed by atoms with Crippen LogP contribution in [0, 0.1) is 0 Å². The van der Waals surface area contributed by atoms with Gasteiger partial charge in [-0.25, -0.2) is 0 Å². The van der Waals surface area contributed by atoms with Crippen molar-refractivity contribution in [1.82, 2.24) is 0 Å². The molecule has 0 saturated heterocycles. The molecule has 0 aliphatic carbocycles. The molecule has 1 rings (SSSR count). The summed E-state index contributed by atoms with van der Waals surface area (Å²) in [6, 6.07) is 10.2. The summed E-state index contributed by atoms with van der Waals surface area (Å²) < 4.78 is 16.3. The Balaban J connectivity index is 1.77. The average molecular weight is 282 g/mol. The van der Waals surface area contributed by atoms with Crippen molar-refractivity contribution in [2.75, 3.05) is 39.6 Å². The number of aliphatic hydroxyl groups excluding tert-OH is 1. The van der Waals surface area contributed by atoms with Gasteiger partial charge in [-0.05, 0) is 24.8 Å². The second-order valence-corrected chi connectivity index (χ2v) is 4.55. The molecule has 0 bridgehead atoms. The molecular formula is C16H26O4. The van der Waals surface area contributed by atoms with Crippen molar-refractivity contribution in [1.29, 1.82) is 0 Å². The van der Waals surface area contributed by atoms with Gasteiger partial charge in [0.05, 0.1) is 6.61 Å². The lowest BCUT2D eigenvalue weighted by Crippen LogP contribution is -2.05. The fourth-order valence-electron chi connectivity index (χ4n) is 1.66. The lowest BCUT2D eigenvalue weighted by Gasteiger charge is -2.06. The zero-order valence-electron chi connectivity index (χ0n) is 12.1. The molecule has 20 heavy (non-hydrogen) atoms. The van der Waals surface area contributed by atoms with Gasteiger partial charge in [-0.15, -0.1) is 0 Å². The molecule has 0 atom stereocenters. The smallest absolute Gasteiger partial charge is 0.0716 e. The minimum Gasteiger partial charge on any atom is -0.396 e. The molecule has 0 aromatic heterocycles. The highest BCUT2D eigenvalue weighted by atomic mass is 16.5. The van der Waals surface area contributed by atoms with Crippen molar-refractivity contribution < 1.29 is 19.3 Å². The van der Waals surface area contributed by atoms with Crippen molar-refractivity contribution in [2.45, 2.75) is 25.9 Å². The van der Waals surface area contributed by atoms with Crippen LogP contribution in [0.1, 0.15) is 24.8 Å². The summed E-state index contributed by atoms with van der Waals surface area (Å²) in [6.07, 6.45) is 2.52. The summed E-state index contributed by atoms with van der Waals surface area (Å²) in [6.45, 7) is 4.36. The van der Waals surface area contributed by atoms with E-state index in [4.69, 9.17) is 19.3 Å². The van der Waals surface area contributed by atoms with E-state index in [0.717, 1.165) is 32.7 Å². The monoisotopic (exact) mass is 282 g/mol. The first kappa shape index (κ1) is 17.1. The first-order chi connectivity index (χ1) is 9.93. The first-order valence-electron chi connectivity index (χ1n) is 7.31. The molecule has 0 aliphatic heterocycles. The van der Waals surface area contributed by atoms with Crippen molar-refractivity contribution in [3.63, 3.8) is 0 Å². The van der Waals surface area contributed by atoms with E-state index in [9.17, 15) is 0 Å². The normalized spacial score (nSPS) is 10.8. The first-order valence-corrected chi connectivity index (χ1v) is 7.31. The van der Waals surface area contributed by atoms with Crippen molar-refractivity contribution in [2.24, 2.45) is 0 Å². The Morgan fingerprint density at radius 3 is 1.85 bits per heavy atom. The van der Waals surface area contributed by atoms with Crippen LogP contribution >= 0.6 is 0 Å². The number of hydrogen-bond donors (Lipinski definition) is 1. The Morgan fingerprint density at radius 1 is 0.700 bits per heavy atom. The number of ether oxygens (including phenoxy) is 3. The van der Waals surface area contributed by atoms with Crippen LogP contribution in [0.15, 0.2) is 30.3 Å². The van der Waals surface area contributed by atoms with E-state index >= 15 is 0 Å². The maximum absolute atomic E-state index is 8.57. The Bertz CT molecular complexity index is 303. The van der Waals surface area contributed by atoms with Gasteiger partial charge in [0.15, 0.2) is 0 Å². The van der Waals surface area contributed by atoms with Crippen molar-refractivity contribution >= 4 is 0 Å². The molecule has 0 spiro atoms. The van der Waals surface area contributed by atoms with Gasteiger partial charge in [0.1, 0.15) is 0 Å². The molecule has 1 aromatic rings. The summed E-state index contributed by atoms with van der Waals surface area (Å²) in [7, 11) is 0. The summed E-state index contributed by atoms with van der Waals surface area (Å²) >= 11 is 0. The molecule has 0 fully saturated rings. The highest BCUT2D eigenvalue weighted by Crippen LogP contribution is 2.00. The molecule has 1 N–H and O–H groups in total. The molecule has 0 unspecified atom stereocenters. The molecule has 0 amide bonds. The standard InChI is InChI=1S/C16H26O4/c17-9-4-10-18-11-5-12-19-13-6-14-20-15-16-7-2-1-3-8-16/h1-3,7-8,17H,4-6,9-15H2. The molecule has 4 nitrogen and oxygen atoms in total. The molecule has 1 aromatic carbocycles. The van der Waals surface area contributed by atoms with Gasteiger partial charge in [-0.1, -0.05) is 30.3 Å². The molecular weight excluding hydrogens is 256 g/mol. The third kappa shape index (κ3) is 9.92. The van der Waals surface area contributed by atoms with Gasteiger partial charge in [-0.2, -0.15) is 0 Å². The predicted molar refractivity (Wildman–Crippen MR) is 78.7 cm³/mol.